The van der Waals surface area contributed by atoms with Crippen molar-refractivity contribution in [2.75, 3.05) is 17.2 Å². The molecule has 0 bridgehead atoms. The number of nitrogens with zero attached hydrogens (tertiary/aromatic N) is 1. The van der Waals surface area contributed by atoms with Crippen LogP contribution in [0.5, 0.6) is 5.75 Å². The summed E-state index contributed by atoms with van der Waals surface area (Å²) in [6.07, 6.45) is 1.40. The standard InChI is InChI=1S/C27H28N4O4/c1-17-7-6-10-23(20(17)4)29-26(33)27(34)31-28-15-21-11-13-22(14-12-21)35-16-24(32)30-25-18(2)8-5-9-19(25)3/h5-15H,16H2,1-4H3,(H,29,33)(H,30,32)(H,31,34)/b28-15-. The number of carbonyl (C=O) groups excluding carboxylic acids is 3. The fourth-order valence-corrected chi connectivity index (χ4v) is 3.27. The molecule has 0 atom stereocenters. The molecule has 0 aliphatic rings. The van der Waals surface area contributed by atoms with Crippen molar-refractivity contribution in [2.45, 2.75) is 27.7 Å². The Balaban J connectivity index is 1.46. The van der Waals surface area contributed by atoms with Crippen LogP contribution in [-0.4, -0.2) is 30.5 Å². The Labute approximate surface area is 204 Å². The Kier molecular flexibility index (Phi) is 8.34. The van der Waals surface area contributed by atoms with Crippen molar-refractivity contribution < 1.29 is 19.1 Å². The average Bonchev–Trinajstić information content (AvgIpc) is 2.83. The normalized spacial score (nSPS) is 10.6. The molecule has 3 aromatic carbocycles. The predicted molar refractivity (Wildman–Crippen MR) is 137 cm³/mol. The number of rotatable bonds is 7. The highest BCUT2D eigenvalue weighted by Gasteiger charge is 2.14. The molecule has 3 aromatic rings. The van der Waals surface area contributed by atoms with Crippen molar-refractivity contribution in [3.63, 3.8) is 0 Å². The van der Waals surface area contributed by atoms with Crippen LogP contribution in [0, 0.1) is 27.7 Å². The molecular weight excluding hydrogens is 444 g/mol. The molecule has 0 spiro atoms. The second-order valence-corrected chi connectivity index (χ2v) is 8.07. The summed E-state index contributed by atoms with van der Waals surface area (Å²) < 4.78 is 5.54. The summed E-state index contributed by atoms with van der Waals surface area (Å²) in [6.45, 7) is 7.53. The van der Waals surface area contributed by atoms with Crippen LogP contribution in [0.15, 0.2) is 65.8 Å². The van der Waals surface area contributed by atoms with E-state index in [2.05, 4.69) is 21.2 Å². The Morgan fingerprint density at radius 3 is 2.11 bits per heavy atom. The highest BCUT2D eigenvalue weighted by Crippen LogP contribution is 2.20. The van der Waals surface area contributed by atoms with Crippen molar-refractivity contribution in [3.05, 3.63) is 88.5 Å². The molecule has 8 heteroatoms. The summed E-state index contributed by atoms with van der Waals surface area (Å²) in [4.78, 5) is 36.3. The summed E-state index contributed by atoms with van der Waals surface area (Å²) >= 11 is 0. The van der Waals surface area contributed by atoms with Crippen molar-refractivity contribution in [1.29, 1.82) is 0 Å². The zero-order chi connectivity index (χ0) is 25.4. The van der Waals surface area contributed by atoms with E-state index in [0.29, 0.717) is 17.0 Å². The smallest absolute Gasteiger partial charge is 0.329 e. The summed E-state index contributed by atoms with van der Waals surface area (Å²) in [7, 11) is 0. The number of hydrogen-bond acceptors (Lipinski definition) is 5. The van der Waals surface area contributed by atoms with Crippen LogP contribution < -0.4 is 20.8 Å². The topological polar surface area (TPSA) is 109 Å². The number of carbonyl (C=O) groups is 3. The highest BCUT2D eigenvalue weighted by atomic mass is 16.5. The Morgan fingerprint density at radius 1 is 0.800 bits per heavy atom. The first-order valence-electron chi connectivity index (χ1n) is 11.0. The second kappa shape index (κ2) is 11.6. The lowest BCUT2D eigenvalue weighted by Gasteiger charge is -2.12. The van der Waals surface area contributed by atoms with Gasteiger partial charge in [-0.05, 0) is 85.8 Å². The average molecular weight is 473 g/mol. The van der Waals surface area contributed by atoms with E-state index in [1.165, 1.54) is 6.21 Å². The lowest BCUT2D eigenvalue weighted by molar-refractivity contribution is -0.136. The van der Waals surface area contributed by atoms with Crippen LogP contribution in [0.25, 0.3) is 0 Å². The number of nitrogens with one attached hydrogen (secondary N) is 3. The fraction of sp³-hybridized carbons (Fsp3) is 0.185. The number of para-hydroxylation sites is 1. The van der Waals surface area contributed by atoms with Gasteiger partial charge >= 0.3 is 11.8 Å². The van der Waals surface area contributed by atoms with Gasteiger partial charge in [-0.3, -0.25) is 14.4 Å². The molecule has 35 heavy (non-hydrogen) atoms. The molecule has 3 rings (SSSR count). The van der Waals surface area contributed by atoms with Crippen LogP contribution in [0.3, 0.4) is 0 Å². The zero-order valence-corrected chi connectivity index (χ0v) is 20.1. The lowest BCUT2D eigenvalue weighted by atomic mass is 10.1. The number of benzene rings is 3. The van der Waals surface area contributed by atoms with Gasteiger partial charge in [0.25, 0.3) is 5.91 Å². The van der Waals surface area contributed by atoms with Gasteiger partial charge < -0.3 is 15.4 Å². The Morgan fingerprint density at radius 2 is 1.43 bits per heavy atom. The molecular formula is C27H28N4O4. The van der Waals surface area contributed by atoms with E-state index in [-0.39, 0.29) is 12.5 Å². The van der Waals surface area contributed by atoms with Gasteiger partial charge in [0.15, 0.2) is 6.61 Å². The van der Waals surface area contributed by atoms with Gasteiger partial charge in [-0.15, -0.1) is 0 Å². The minimum atomic E-state index is -0.878. The molecule has 8 nitrogen and oxygen atoms in total. The number of hydrogen-bond donors (Lipinski definition) is 3. The SMILES string of the molecule is Cc1cccc(NC(=O)C(=O)N/N=C\c2ccc(OCC(=O)Nc3c(C)cccc3C)cc2)c1C. The summed E-state index contributed by atoms with van der Waals surface area (Å²) in [5.74, 6) is -1.43. The second-order valence-electron chi connectivity index (χ2n) is 8.07. The molecule has 0 saturated carbocycles. The number of hydrazone groups is 1. The molecule has 180 valence electrons. The van der Waals surface area contributed by atoms with Crippen LogP contribution in [0.2, 0.25) is 0 Å². The maximum Gasteiger partial charge on any atom is 0.329 e. The minimum Gasteiger partial charge on any atom is -0.484 e. The van der Waals surface area contributed by atoms with Gasteiger partial charge in [-0.25, -0.2) is 5.43 Å². The Bertz CT molecular complexity index is 1250. The van der Waals surface area contributed by atoms with Gasteiger partial charge in [-0.1, -0.05) is 30.3 Å². The molecule has 3 amide bonds. The lowest BCUT2D eigenvalue weighted by Crippen LogP contribution is -2.32. The number of amides is 3. The molecule has 0 unspecified atom stereocenters. The fourth-order valence-electron chi connectivity index (χ4n) is 3.27. The van der Waals surface area contributed by atoms with E-state index in [4.69, 9.17) is 4.74 Å². The molecule has 0 saturated heterocycles. The molecule has 0 aliphatic carbocycles. The first-order valence-corrected chi connectivity index (χ1v) is 11.0. The molecule has 0 aromatic heterocycles. The van der Waals surface area contributed by atoms with Gasteiger partial charge in [0.1, 0.15) is 5.75 Å². The summed E-state index contributed by atoms with van der Waals surface area (Å²) in [5, 5.41) is 9.27. The number of ether oxygens (including phenoxy) is 1. The van der Waals surface area contributed by atoms with Crippen molar-refractivity contribution in [3.8, 4) is 5.75 Å². The molecule has 0 fully saturated rings. The van der Waals surface area contributed by atoms with Crippen molar-refractivity contribution in [1.82, 2.24) is 5.43 Å². The third-order valence-electron chi connectivity index (χ3n) is 5.43. The van der Waals surface area contributed by atoms with E-state index < -0.39 is 11.8 Å². The predicted octanol–water partition coefficient (Wildman–Crippen LogP) is 4.03. The monoisotopic (exact) mass is 472 g/mol. The Hall–Kier alpha value is -4.46. The van der Waals surface area contributed by atoms with E-state index in [0.717, 1.165) is 27.9 Å². The maximum absolute atomic E-state index is 12.2. The van der Waals surface area contributed by atoms with Crippen LogP contribution in [0.1, 0.15) is 27.8 Å². The maximum atomic E-state index is 12.2. The third-order valence-corrected chi connectivity index (χ3v) is 5.43. The number of anilines is 2. The molecule has 0 radical (unpaired) electrons. The first-order chi connectivity index (χ1) is 16.7. The highest BCUT2D eigenvalue weighted by molar-refractivity contribution is 6.39. The minimum absolute atomic E-state index is 0.132. The first kappa shape index (κ1) is 25.2. The summed E-state index contributed by atoms with van der Waals surface area (Å²) in [5.41, 5.74) is 8.11. The van der Waals surface area contributed by atoms with E-state index >= 15 is 0 Å². The van der Waals surface area contributed by atoms with E-state index in [1.807, 2.05) is 52.0 Å². The van der Waals surface area contributed by atoms with Gasteiger partial charge in [0.05, 0.1) is 6.21 Å². The summed E-state index contributed by atoms with van der Waals surface area (Å²) in [6, 6.07) is 18.1. The van der Waals surface area contributed by atoms with Gasteiger partial charge in [-0.2, -0.15) is 5.10 Å². The quantitative estimate of drug-likeness (QED) is 0.274. The van der Waals surface area contributed by atoms with Crippen LogP contribution in [-0.2, 0) is 14.4 Å². The van der Waals surface area contributed by atoms with Crippen molar-refractivity contribution in [2.24, 2.45) is 5.10 Å². The molecule has 3 N–H and O–H groups in total. The molecule has 0 aliphatic heterocycles. The van der Waals surface area contributed by atoms with E-state index in [9.17, 15) is 14.4 Å². The largest absolute Gasteiger partial charge is 0.484 e. The van der Waals surface area contributed by atoms with E-state index in [1.54, 1.807) is 36.4 Å². The van der Waals surface area contributed by atoms with Gasteiger partial charge in [0, 0.05) is 11.4 Å². The van der Waals surface area contributed by atoms with Crippen molar-refractivity contribution >= 4 is 35.3 Å². The zero-order valence-electron chi connectivity index (χ0n) is 20.1. The third kappa shape index (κ3) is 7.01. The molecule has 0 heterocycles. The van der Waals surface area contributed by atoms with Gasteiger partial charge in [0.2, 0.25) is 0 Å². The van der Waals surface area contributed by atoms with Crippen LogP contribution in [0.4, 0.5) is 11.4 Å². The van der Waals surface area contributed by atoms with Crippen LogP contribution >= 0.6 is 0 Å². The number of aryl methyl sites for hydroxylation is 3.